The van der Waals surface area contributed by atoms with Crippen LogP contribution in [0.2, 0.25) is 58.9 Å². The fraction of sp³-hybridized carbons (Fsp3) is 1.00. The van der Waals surface area contributed by atoms with E-state index in [0.29, 0.717) is 0 Å². The predicted octanol–water partition coefficient (Wildman–Crippen LogP) is 0.166. The highest BCUT2D eigenvalue weighted by Gasteiger charge is 2.28. The van der Waals surface area contributed by atoms with Gasteiger partial charge >= 0.3 is 83.6 Å². The molecule has 2 N–H and O–H groups in total. The molecule has 0 aliphatic heterocycles. The molecular formula is C9H29O10Si9. The van der Waals surface area contributed by atoms with Crippen molar-refractivity contribution in [3.63, 3.8) is 0 Å². The molecule has 0 aromatic rings. The van der Waals surface area contributed by atoms with Crippen molar-refractivity contribution in [2.24, 2.45) is 0 Å². The minimum absolute atomic E-state index is 1.50. The van der Waals surface area contributed by atoms with E-state index in [4.69, 9.17) is 32.9 Å². The third-order valence-electron chi connectivity index (χ3n) is 2.31. The van der Waals surface area contributed by atoms with Gasteiger partial charge in [-0.1, -0.05) is 0 Å². The molecule has 0 amide bonds. The fourth-order valence-electron chi connectivity index (χ4n) is 1.78. The lowest BCUT2D eigenvalue weighted by atomic mass is 11.9. The van der Waals surface area contributed by atoms with Gasteiger partial charge in [0.25, 0.3) is 0 Å². The summed E-state index contributed by atoms with van der Waals surface area (Å²) in [5.74, 6) is 0. The van der Waals surface area contributed by atoms with E-state index >= 15 is 0 Å². The Labute approximate surface area is 184 Å². The molecule has 0 aliphatic rings. The van der Waals surface area contributed by atoms with Gasteiger partial charge in [0.15, 0.2) is 0 Å². The van der Waals surface area contributed by atoms with Crippen LogP contribution in [-0.2, 0) is 32.9 Å². The molecule has 0 saturated carbocycles. The van der Waals surface area contributed by atoms with Gasteiger partial charge in [-0.05, 0) is 58.9 Å². The average molecular weight is 550 g/mol. The Kier molecular flexibility index (Phi) is 17.1. The van der Waals surface area contributed by atoms with Crippen molar-refractivity contribution in [1.82, 2.24) is 0 Å². The van der Waals surface area contributed by atoms with E-state index in [2.05, 4.69) is 0 Å². The van der Waals surface area contributed by atoms with Crippen LogP contribution in [0.4, 0.5) is 0 Å². The Morgan fingerprint density at radius 2 is 0.464 bits per heavy atom. The Hall–Kier alpha value is 1.55. The van der Waals surface area contributed by atoms with Gasteiger partial charge in [-0.25, -0.2) is 0 Å². The summed E-state index contributed by atoms with van der Waals surface area (Å²) < 4.78 is 45.4. The van der Waals surface area contributed by atoms with E-state index in [1.165, 1.54) is 0 Å². The van der Waals surface area contributed by atoms with Crippen LogP contribution < -0.4 is 0 Å². The van der Waals surface area contributed by atoms with Crippen molar-refractivity contribution in [1.29, 1.82) is 0 Å². The average Bonchev–Trinajstić information content (AvgIpc) is 2.42. The van der Waals surface area contributed by atoms with Gasteiger partial charge in [-0.2, -0.15) is 0 Å². The molecule has 9 radical (unpaired) electrons. The second-order valence-electron chi connectivity index (χ2n) is 5.30. The highest BCUT2D eigenvalue weighted by Crippen LogP contribution is 2.05. The molecule has 0 unspecified atom stereocenters. The zero-order valence-electron chi connectivity index (χ0n) is 17.7. The maximum absolute atomic E-state index is 9.30. The molecule has 0 atom stereocenters. The molecule has 0 saturated heterocycles. The van der Waals surface area contributed by atoms with Crippen molar-refractivity contribution in [3.8, 4) is 0 Å². The van der Waals surface area contributed by atoms with Gasteiger partial charge in [0.2, 0.25) is 0 Å². The summed E-state index contributed by atoms with van der Waals surface area (Å²) in [6.07, 6.45) is 0. The molecule has 0 rings (SSSR count). The first-order chi connectivity index (χ1) is 12.9. The molecule has 0 fully saturated rings. The third-order valence-corrected chi connectivity index (χ3v) is 20.8. The van der Waals surface area contributed by atoms with Crippen molar-refractivity contribution in [2.75, 3.05) is 0 Å². The number of hydrogen-bond donors (Lipinski definition) is 2. The van der Waals surface area contributed by atoms with Gasteiger partial charge in [0, 0.05) is 0 Å². The molecule has 0 bridgehead atoms. The molecule has 19 heteroatoms. The van der Waals surface area contributed by atoms with E-state index in [1.54, 1.807) is 13.1 Å². The van der Waals surface area contributed by atoms with Crippen molar-refractivity contribution in [2.45, 2.75) is 58.9 Å². The van der Waals surface area contributed by atoms with Gasteiger partial charge in [-0.3, -0.25) is 0 Å². The molecule has 0 aromatic carbocycles. The predicted molar refractivity (Wildman–Crippen MR) is 118 cm³/mol. The van der Waals surface area contributed by atoms with Gasteiger partial charge in [-0.15, -0.1) is 0 Å². The normalized spacial score (nSPS) is 13.3. The third kappa shape index (κ3) is 17.3. The highest BCUT2D eigenvalue weighted by molar-refractivity contribution is 6.71. The maximum Gasteiger partial charge on any atom is 0.368 e. The molecular weight excluding hydrogens is 521 g/mol. The smallest absolute Gasteiger partial charge is 0.368 e. The maximum atomic E-state index is 9.30. The van der Waals surface area contributed by atoms with E-state index in [1.807, 2.05) is 45.8 Å². The van der Waals surface area contributed by atoms with E-state index in [-0.39, 0.29) is 0 Å². The molecule has 28 heavy (non-hydrogen) atoms. The van der Waals surface area contributed by atoms with Crippen LogP contribution in [0.25, 0.3) is 0 Å². The van der Waals surface area contributed by atoms with Crippen LogP contribution in [0.15, 0.2) is 0 Å². The Morgan fingerprint density at radius 1 is 0.321 bits per heavy atom. The Balaban J connectivity index is 4.11. The van der Waals surface area contributed by atoms with Gasteiger partial charge in [0.05, 0.1) is 0 Å². The number of hydrogen-bond acceptors (Lipinski definition) is 10. The lowest BCUT2D eigenvalue weighted by Crippen LogP contribution is -2.42. The van der Waals surface area contributed by atoms with E-state index in [0.717, 1.165) is 0 Å². The highest BCUT2D eigenvalue weighted by atomic mass is 28.5. The molecule has 0 heterocycles. The zero-order valence-corrected chi connectivity index (χ0v) is 26.7. The molecule has 0 aromatic heterocycles. The van der Waals surface area contributed by atoms with Crippen LogP contribution in [0, 0.1) is 0 Å². The number of rotatable bonds is 16. The quantitative estimate of drug-likeness (QED) is 0.258. The summed E-state index contributed by atoms with van der Waals surface area (Å²) in [5, 5.41) is 0. The fourth-order valence-corrected chi connectivity index (χ4v) is 18.6. The molecule has 0 aliphatic carbocycles. The van der Waals surface area contributed by atoms with Crippen LogP contribution >= 0.6 is 0 Å². The zero-order chi connectivity index (χ0) is 21.9. The van der Waals surface area contributed by atoms with Crippen molar-refractivity contribution in [3.05, 3.63) is 0 Å². The SMILES string of the molecule is C[Si](O)O[Si](C)O[Si](C)O[Si](C)O[Si](C)O[Si](C)O[Si](C)O[Si](C)O[Si](C)O. The van der Waals surface area contributed by atoms with Gasteiger partial charge in [0.1, 0.15) is 0 Å². The summed E-state index contributed by atoms with van der Waals surface area (Å²) in [5.41, 5.74) is 0. The first-order valence-corrected chi connectivity index (χ1v) is 24.6. The Morgan fingerprint density at radius 3 is 0.607 bits per heavy atom. The van der Waals surface area contributed by atoms with Crippen LogP contribution in [0.5, 0.6) is 0 Å². The largest absolute Gasteiger partial charge is 0.414 e. The molecule has 0 spiro atoms. The lowest BCUT2D eigenvalue weighted by Gasteiger charge is -2.23. The standard InChI is InChI=1S/C9H29O10Si9/c1-20(10)12-22(3)14-24(5)16-26(7)18-28(9)19-27(8)17-25(6)15-23(4)13-21(2)11/h10-11H,1-9H3. The van der Waals surface area contributed by atoms with Crippen molar-refractivity contribution >= 4 is 83.6 Å². The van der Waals surface area contributed by atoms with E-state index in [9.17, 15) is 9.59 Å². The summed E-state index contributed by atoms with van der Waals surface area (Å²) in [6.45, 7) is 16.4. The van der Waals surface area contributed by atoms with Gasteiger partial charge < -0.3 is 42.5 Å². The first kappa shape index (κ1) is 29.6. The molecule has 161 valence electrons. The lowest BCUT2D eigenvalue weighted by molar-refractivity contribution is 0.309. The second-order valence-corrected chi connectivity index (χ2v) is 20.8. The van der Waals surface area contributed by atoms with Crippen molar-refractivity contribution < 1.29 is 42.5 Å². The monoisotopic (exact) mass is 549 g/mol. The minimum atomic E-state index is -1.75. The summed E-state index contributed by atoms with van der Waals surface area (Å²) in [7, 11) is -14.1. The van der Waals surface area contributed by atoms with Crippen LogP contribution in [0.1, 0.15) is 0 Å². The minimum Gasteiger partial charge on any atom is -0.414 e. The summed E-state index contributed by atoms with van der Waals surface area (Å²) >= 11 is 0. The Bertz CT molecular complexity index is 365. The first-order valence-electron chi connectivity index (χ1n) is 8.21. The van der Waals surface area contributed by atoms with E-state index < -0.39 is 83.6 Å². The summed E-state index contributed by atoms with van der Waals surface area (Å²) in [6, 6.07) is 0. The van der Waals surface area contributed by atoms with Crippen LogP contribution in [-0.4, -0.2) is 93.1 Å². The molecule has 10 nitrogen and oxygen atoms in total. The topological polar surface area (TPSA) is 114 Å². The van der Waals surface area contributed by atoms with Crippen LogP contribution in [0.3, 0.4) is 0 Å². The second kappa shape index (κ2) is 16.2. The summed E-state index contributed by atoms with van der Waals surface area (Å²) in [4.78, 5) is 18.6.